The van der Waals surface area contributed by atoms with Gasteiger partial charge in [-0.1, -0.05) is 11.6 Å². The predicted octanol–water partition coefficient (Wildman–Crippen LogP) is 4.53. The molecular weight excluding hydrogens is 335 g/mol. The van der Waals surface area contributed by atoms with Gasteiger partial charge in [0.1, 0.15) is 5.82 Å². The molecule has 116 valence electrons. The number of carbonyl (C=O) groups excluding carboxylic acids is 1. The Morgan fingerprint density at radius 3 is 2.83 bits per heavy atom. The SMILES string of the molecule is O=C(NCc1cncc(-c2ccsc2)c1)c1ccc(F)cc1Cl. The normalized spacial score (nSPS) is 10.5. The molecule has 0 aliphatic carbocycles. The van der Waals surface area contributed by atoms with Crippen LogP contribution in [0.4, 0.5) is 4.39 Å². The molecule has 0 saturated carbocycles. The third-order valence-electron chi connectivity index (χ3n) is 3.28. The van der Waals surface area contributed by atoms with E-state index < -0.39 is 5.82 Å². The molecule has 0 fully saturated rings. The zero-order chi connectivity index (χ0) is 16.2. The van der Waals surface area contributed by atoms with Crippen LogP contribution in [0.2, 0.25) is 5.02 Å². The van der Waals surface area contributed by atoms with E-state index in [4.69, 9.17) is 11.6 Å². The number of thiophene rings is 1. The number of pyridine rings is 1. The van der Waals surface area contributed by atoms with Crippen LogP contribution in [-0.4, -0.2) is 10.9 Å². The zero-order valence-corrected chi connectivity index (χ0v) is 13.5. The first-order chi connectivity index (χ1) is 11.1. The Morgan fingerprint density at radius 1 is 1.22 bits per heavy atom. The molecule has 3 rings (SSSR count). The highest BCUT2D eigenvalue weighted by Gasteiger charge is 2.11. The number of hydrogen-bond donors (Lipinski definition) is 1. The number of aromatic nitrogens is 1. The molecule has 2 aromatic heterocycles. The smallest absolute Gasteiger partial charge is 0.253 e. The second-order valence-corrected chi connectivity index (χ2v) is 6.09. The summed E-state index contributed by atoms with van der Waals surface area (Å²) in [7, 11) is 0. The summed E-state index contributed by atoms with van der Waals surface area (Å²) in [6.07, 6.45) is 3.48. The lowest BCUT2D eigenvalue weighted by Gasteiger charge is -2.08. The first-order valence-corrected chi connectivity index (χ1v) is 8.15. The van der Waals surface area contributed by atoms with E-state index in [1.54, 1.807) is 23.7 Å². The van der Waals surface area contributed by atoms with E-state index in [1.807, 2.05) is 22.9 Å². The van der Waals surface area contributed by atoms with Crippen LogP contribution in [0.3, 0.4) is 0 Å². The fourth-order valence-electron chi connectivity index (χ4n) is 2.12. The third kappa shape index (κ3) is 3.75. The molecule has 0 spiro atoms. The van der Waals surface area contributed by atoms with Crippen LogP contribution < -0.4 is 5.32 Å². The van der Waals surface area contributed by atoms with E-state index in [0.717, 1.165) is 22.8 Å². The van der Waals surface area contributed by atoms with E-state index in [0.29, 0.717) is 6.54 Å². The molecule has 23 heavy (non-hydrogen) atoms. The largest absolute Gasteiger partial charge is 0.348 e. The molecule has 3 nitrogen and oxygen atoms in total. The first-order valence-electron chi connectivity index (χ1n) is 6.83. The fourth-order valence-corrected chi connectivity index (χ4v) is 3.04. The van der Waals surface area contributed by atoms with Gasteiger partial charge in [-0.15, -0.1) is 0 Å². The van der Waals surface area contributed by atoms with E-state index in [-0.39, 0.29) is 16.5 Å². The summed E-state index contributed by atoms with van der Waals surface area (Å²) in [5, 5.41) is 6.89. The highest BCUT2D eigenvalue weighted by molar-refractivity contribution is 7.08. The second-order valence-electron chi connectivity index (χ2n) is 4.90. The van der Waals surface area contributed by atoms with Crippen LogP contribution in [0, 0.1) is 5.82 Å². The van der Waals surface area contributed by atoms with Crippen molar-refractivity contribution in [3.8, 4) is 11.1 Å². The van der Waals surface area contributed by atoms with Gasteiger partial charge in [0.25, 0.3) is 5.91 Å². The van der Waals surface area contributed by atoms with Crippen LogP contribution in [0.1, 0.15) is 15.9 Å². The molecule has 0 saturated heterocycles. The van der Waals surface area contributed by atoms with Crippen LogP contribution in [0.5, 0.6) is 0 Å². The molecule has 0 bridgehead atoms. The topological polar surface area (TPSA) is 42.0 Å². The van der Waals surface area contributed by atoms with Crippen molar-refractivity contribution in [2.45, 2.75) is 6.54 Å². The summed E-state index contributed by atoms with van der Waals surface area (Å²) >= 11 is 7.50. The van der Waals surface area contributed by atoms with Crippen molar-refractivity contribution in [1.29, 1.82) is 0 Å². The van der Waals surface area contributed by atoms with Gasteiger partial charge in [-0.25, -0.2) is 4.39 Å². The lowest BCUT2D eigenvalue weighted by molar-refractivity contribution is 0.0951. The van der Waals surface area contributed by atoms with Gasteiger partial charge in [-0.05, 0) is 52.2 Å². The van der Waals surface area contributed by atoms with Gasteiger partial charge in [0, 0.05) is 24.5 Å². The number of benzene rings is 1. The Hall–Kier alpha value is -2.24. The van der Waals surface area contributed by atoms with E-state index in [2.05, 4.69) is 10.3 Å². The summed E-state index contributed by atoms with van der Waals surface area (Å²) < 4.78 is 13.0. The molecule has 6 heteroatoms. The Bertz CT molecular complexity index is 836. The Kier molecular flexibility index (Phi) is 4.69. The van der Waals surface area contributed by atoms with E-state index >= 15 is 0 Å². The molecule has 0 atom stereocenters. The minimum atomic E-state index is -0.473. The molecule has 0 radical (unpaired) electrons. The van der Waals surface area contributed by atoms with Gasteiger partial charge in [-0.3, -0.25) is 9.78 Å². The predicted molar refractivity (Wildman–Crippen MR) is 90.1 cm³/mol. The maximum Gasteiger partial charge on any atom is 0.253 e. The zero-order valence-electron chi connectivity index (χ0n) is 11.9. The Morgan fingerprint density at radius 2 is 2.09 bits per heavy atom. The number of carbonyl (C=O) groups is 1. The standard InChI is InChI=1S/C17H12ClFN2OS/c18-16-6-14(19)1-2-15(16)17(22)21-8-11-5-13(9-20-7-11)12-3-4-23-10-12/h1-7,9-10H,8H2,(H,21,22). The van der Waals surface area contributed by atoms with Crippen molar-refractivity contribution in [3.63, 3.8) is 0 Å². The fraction of sp³-hybridized carbons (Fsp3) is 0.0588. The Balaban J connectivity index is 1.71. The Labute approximate surface area is 141 Å². The third-order valence-corrected chi connectivity index (χ3v) is 4.27. The maximum absolute atomic E-state index is 13.0. The van der Waals surface area contributed by atoms with E-state index in [9.17, 15) is 9.18 Å². The number of hydrogen-bond acceptors (Lipinski definition) is 3. The van der Waals surface area contributed by atoms with E-state index in [1.165, 1.54) is 12.1 Å². The van der Waals surface area contributed by atoms with Gasteiger partial charge < -0.3 is 5.32 Å². The van der Waals surface area contributed by atoms with Crippen molar-refractivity contribution in [3.05, 3.63) is 75.5 Å². The lowest BCUT2D eigenvalue weighted by Crippen LogP contribution is -2.23. The maximum atomic E-state index is 13.0. The van der Waals surface area contributed by atoms with Crippen LogP contribution in [0.25, 0.3) is 11.1 Å². The molecule has 2 heterocycles. The number of nitrogens with one attached hydrogen (secondary N) is 1. The monoisotopic (exact) mass is 346 g/mol. The average molecular weight is 347 g/mol. The summed E-state index contributed by atoms with van der Waals surface area (Å²) in [5.74, 6) is -0.824. The minimum absolute atomic E-state index is 0.0904. The number of halogens is 2. The van der Waals surface area contributed by atoms with Gasteiger partial charge in [-0.2, -0.15) is 11.3 Å². The van der Waals surface area contributed by atoms with Crippen molar-refractivity contribution >= 4 is 28.8 Å². The highest BCUT2D eigenvalue weighted by atomic mass is 35.5. The van der Waals surface area contributed by atoms with Crippen LogP contribution >= 0.6 is 22.9 Å². The average Bonchev–Trinajstić information content (AvgIpc) is 3.07. The minimum Gasteiger partial charge on any atom is -0.348 e. The number of nitrogens with zero attached hydrogens (tertiary/aromatic N) is 1. The molecule has 1 N–H and O–H groups in total. The molecule has 1 aromatic carbocycles. The molecule has 1 amide bonds. The van der Waals surface area contributed by atoms with Crippen molar-refractivity contribution in [2.75, 3.05) is 0 Å². The quantitative estimate of drug-likeness (QED) is 0.754. The highest BCUT2D eigenvalue weighted by Crippen LogP contribution is 2.22. The lowest BCUT2D eigenvalue weighted by atomic mass is 10.1. The number of amides is 1. The van der Waals surface area contributed by atoms with Crippen molar-refractivity contribution < 1.29 is 9.18 Å². The van der Waals surface area contributed by atoms with Gasteiger partial charge in [0.15, 0.2) is 0 Å². The summed E-state index contributed by atoms with van der Waals surface area (Å²) in [6, 6.07) is 7.69. The summed E-state index contributed by atoms with van der Waals surface area (Å²) in [6.45, 7) is 0.317. The van der Waals surface area contributed by atoms with Crippen LogP contribution in [-0.2, 0) is 6.54 Å². The second kappa shape index (κ2) is 6.89. The molecular formula is C17H12ClFN2OS. The molecule has 0 aliphatic heterocycles. The van der Waals surface area contributed by atoms with Crippen molar-refractivity contribution in [2.24, 2.45) is 0 Å². The molecule has 3 aromatic rings. The summed E-state index contributed by atoms with van der Waals surface area (Å²) in [5.41, 5.74) is 3.21. The molecule has 0 unspecified atom stereocenters. The van der Waals surface area contributed by atoms with Gasteiger partial charge in [0.05, 0.1) is 10.6 Å². The first kappa shape index (κ1) is 15.6. The number of rotatable bonds is 4. The van der Waals surface area contributed by atoms with Gasteiger partial charge >= 0.3 is 0 Å². The van der Waals surface area contributed by atoms with Gasteiger partial charge in [0.2, 0.25) is 0 Å². The van der Waals surface area contributed by atoms with Crippen molar-refractivity contribution in [1.82, 2.24) is 10.3 Å². The summed E-state index contributed by atoms with van der Waals surface area (Å²) in [4.78, 5) is 16.3. The molecule has 0 aliphatic rings. The van der Waals surface area contributed by atoms with Crippen LogP contribution in [0.15, 0.2) is 53.5 Å².